The van der Waals surface area contributed by atoms with Crippen molar-refractivity contribution in [2.75, 3.05) is 11.9 Å². The van der Waals surface area contributed by atoms with Crippen LogP contribution in [0, 0.1) is 17.8 Å². The van der Waals surface area contributed by atoms with Crippen LogP contribution in [0.2, 0.25) is 0 Å². The Morgan fingerprint density at radius 3 is 2.95 bits per heavy atom. The number of halogens is 1. The van der Waals surface area contributed by atoms with Gasteiger partial charge in [-0.15, -0.1) is 0 Å². The van der Waals surface area contributed by atoms with E-state index in [4.69, 9.17) is 0 Å². The number of hydrogen-bond acceptors (Lipinski definition) is 3. The fourth-order valence-electron chi connectivity index (χ4n) is 3.83. The van der Waals surface area contributed by atoms with Gasteiger partial charge in [0.15, 0.2) is 0 Å². The number of rotatable bonds is 5. The van der Waals surface area contributed by atoms with Crippen LogP contribution < -0.4 is 10.9 Å². The first kappa shape index (κ1) is 14.1. The van der Waals surface area contributed by atoms with Gasteiger partial charge in [0.25, 0.3) is 5.56 Å². The molecule has 1 N–H and O–H groups in total. The van der Waals surface area contributed by atoms with Crippen molar-refractivity contribution in [1.82, 2.24) is 9.78 Å². The number of aryl methyl sites for hydroxylation is 1. The molecule has 0 saturated heterocycles. The smallest absolute Gasteiger partial charge is 0.283 e. The normalized spacial score (nSPS) is 28.0. The van der Waals surface area contributed by atoms with E-state index in [1.165, 1.54) is 30.4 Å². The van der Waals surface area contributed by atoms with Gasteiger partial charge in [0.1, 0.15) is 4.47 Å². The van der Waals surface area contributed by atoms with Crippen molar-refractivity contribution < 1.29 is 0 Å². The summed E-state index contributed by atoms with van der Waals surface area (Å²) in [4.78, 5) is 12.1. The van der Waals surface area contributed by atoms with E-state index in [1.54, 1.807) is 6.20 Å². The molecule has 2 aliphatic carbocycles. The molecule has 4 nitrogen and oxygen atoms in total. The quantitative estimate of drug-likeness (QED) is 0.895. The van der Waals surface area contributed by atoms with Crippen LogP contribution in [-0.4, -0.2) is 16.3 Å². The summed E-state index contributed by atoms with van der Waals surface area (Å²) < 4.78 is 2.14. The number of anilines is 1. The monoisotopic (exact) mass is 339 g/mol. The first-order valence-corrected chi connectivity index (χ1v) is 8.47. The molecule has 3 atom stereocenters. The predicted octanol–water partition coefficient (Wildman–Crippen LogP) is 3.26. The van der Waals surface area contributed by atoms with Crippen LogP contribution in [0.15, 0.2) is 15.5 Å². The highest BCUT2D eigenvalue weighted by molar-refractivity contribution is 9.10. The van der Waals surface area contributed by atoms with Gasteiger partial charge < -0.3 is 5.32 Å². The SMILES string of the molecule is CCCn1ncc(NCC2CC3CCC2C3)c(Br)c1=O. The van der Waals surface area contributed by atoms with Gasteiger partial charge in [-0.25, -0.2) is 4.68 Å². The lowest BCUT2D eigenvalue weighted by molar-refractivity contribution is 0.348. The number of fused-ring (bicyclic) bond motifs is 2. The molecule has 1 aromatic heterocycles. The van der Waals surface area contributed by atoms with Crippen molar-refractivity contribution in [3.05, 3.63) is 21.0 Å². The molecule has 20 heavy (non-hydrogen) atoms. The third-order valence-electron chi connectivity index (χ3n) is 4.86. The van der Waals surface area contributed by atoms with E-state index >= 15 is 0 Å². The molecule has 0 aromatic carbocycles. The largest absolute Gasteiger partial charge is 0.382 e. The molecule has 0 aliphatic heterocycles. The first-order valence-electron chi connectivity index (χ1n) is 7.68. The topological polar surface area (TPSA) is 46.9 Å². The average molecular weight is 340 g/mol. The minimum Gasteiger partial charge on any atom is -0.382 e. The second kappa shape index (κ2) is 5.88. The van der Waals surface area contributed by atoms with Gasteiger partial charge in [-0.1, -0.05) is 13.3 Å². The third-order valence-corrected chi connectivity index (χ3v) is 5.63. The van der Waals surface area contributed by atoms with E-state index in [9.17, 15) is 4.79 Å². The van der Waals surface area contributed by atoms with Gasteiger partial charge in [-0.05, 0) is 59.4 Å². The molecule has 0 spiro atoms. The molecule has 3 unspecified atom stereocenters. The van der Waals surface area contributed by atoms with Crippen molar-refractivity contribution >= 4 is 21.6 Å². The van der Waals surface area contributed by atoms with E-state index in [1.807, 2.05) is 6.92 Å². The van der Waals surface area contributed by atoms with Crippen molar-refractivity contribution in [3.63, 3.8) is 0 Å². The zero-order valence-electron chi connectivity index (χ0n) is 11.9. The summed E-state index contributed by atoms with van der Waals surface area (Å²) in [6.07, 6.45) is 8.29. The van der Waals surface area contributed by atoms with E-state index in [-0.39, 0.29) is 5.56 Å². The first-order chi connectivity index (χ1) is 9.69. The molecule has 2 saturated carbocycles. The van der Waals surface area contributed by atoms with Crippen molar-refractivity contribution in [2.24, 2.45) is 17.8 Å². The molecule has 0 radical (unpaired) electrons. The Kier molecular flexibility index (Phi) is 4.15. The predicted molar refractivity (Wildman–Crippen MR) is 83.9 cm³/mol. The van der Waals surface area contributed by atoms with Crippen molar-refractivity contribution in [2.45, 2.75) is 45.6 Å². The van der Waals surface area contributed by atoms with Crippen molar-refractivity contribution in [3.8, 4) is 0 Å². The van der Waals surface area contributed by atoms with Gasteiger partial charge in [-0.3, -0.25) is 4.79 Å². The Labute approximate surface area is 128 Å². The van der Waals surface area contributed by atoms with Gasteiger partial charge in [0, 0.05) is 13.1 Å². The van der Waals surface area contributed by atoms with Gasteiger partial charge in [-0.2, -0.15) is 5.10 Å². The van der Waals surface area contributed by atoms with Crippen LogP contribution in [0.25, 0.3) is 0 Å². The fraction of sp³-hybridized carbons (Fsp3) is 0.733. The molecular weight excluding hydrogens is 318 g/mol. The van der Waals surface area contributed by atoms with E-state index < -0.39 is 0 Å². The number of aromatic nitrogens is 2. The highest BCUT2D eigenvalue weighted by atomic mass is 79.9. The molecule has 2 bridgehead atoms. The Hall–Kier alpha value is -0.840. The summed E-state index contributed by atoms with van der Waals surface area (Å²) in [6.45, 7) is 3.69. The molecule has 2 fully saturated rings. The number of nitrogens with one attached hydrogen (secondary N) is 1. The van der Waals surface area contributed by atoms with E-state index in [2.05, 4.69) is 26.3 Å². The molecule has 110 valence electrons. The molecule has 1 heterocycles. The second-order valence-electron chi connectivity index (χ2n) is 6.22. The summed E-state index contributed by atoms with van der Waals surface area (Å²) in [5, 5.41) is 7.66. The Balaban J connectivity index is 1.66. The van der Waals surface area contributed by atoms with Crippen LogP contribution >= 0.6 is 15.9 Å². The van der Waals surface area contributed by atoms with E-state index in [0.29, 0.717) is 11.0 Å². The fourth-order valence-corrected chi connectivity index (χ4v) is 4.27. The van der Waals surface area contributed by atoms with Gasteiger partial charge in [0.2, 0.25) is 0 Å². The zero-order valence-corrected chi connectivity index (χ0v) is 13.5. The van der Waals surface area contributed by atoms with Crippen LogP contribution in [0.5, 0.6) is 0 Å². The Morgan fingerprint density at radius 2 is 2.30 bits per heavy atom. The maximum atomic E-state index is 12.1. The van der Waals surface area contributed by atoms with Crippen LogP contribution in [0.4, 0.5) is 5.69 Å². The summed E-state index contributed by atoms with van der Waals surface area (Å²) in [7, 11) is 0. The molecule has 3 rings (SSSR count). The molecule has 2 aliphatic rings. The van der Waals surface area contributed by atoms with Crippen LogP contribution in [0.1, 0.15) is 39.0 Å². The number of nitrogens with zero attached hydrogens (tertiary/aromatic N) is 2. The van der Waals surface area contributed by atoms with Crippen LogP contribution in [-0.2, 0) is 6.54 Å². The highest BCUT2D eigenvalue weighted by Gasteiger charge is 2.39. The molecule has 1 aromatic rings. The lowest BCUT2D eigenvalue weighted by atomic mass is 9.89. The number of hydrogen-bond donors (Lipinski definition) is 1. The summed E-state index contributed by atoms with van der Waals surface area (Å²) in [5.41, 5.74) is 0.801. The maximum absolute atomic E-state index is 12.1. The van der Waals surface area contributed by atoms with E-state index in [0.717, 1.165) is 36.4 Å². The van der Waals surface area contributed by atoms with Crippen molar-refractivity contribution in [1.29, 1.82) is 0 Å². The minimum absolute atomic E-state index is 0.0372. The lowest BCUT2D eigenvalue weighted by Gasteiger charge is -2.22. The second-order valence-corrected chi connectivity index (χ2v) is 7.01. The standard InChI is InChI=1S/C15H22BrN3O/c1-2-5-19-15(20)14(16)13(9-18-19)17-8-12-7-10-3-4-11(12)6-10/h9-12,17H,2-8H2,1H3. The average Bonchev–Trinajstić information content (AvgIpc) is 3.06. The van der Waals surface area contributed by atoms with Gasteiger partial charge >= 0.3 is 0 Å². The molecule has 0 amide bonds. The third kappa shape index (κ3) is 2.65. The minimum atomic E-state index is -0.0372. The summed E-state index contributed by atoms with van der Waals surface area (Å²) in [6, 6.07) is 0. The zero-order chi connectivity index (χ0) is 14.1. The Morgan fingerprint density at radius 1 is 1.45 bits per heavy atom. The molecular formula is C15H22BrN3O. The lowest BCUT2D eigenvalue weighted by Crippen LogP contribution is -2.26. The summed E-state index contributed by atoms with van der Waals surface area (Å²) >= 11 is 3.42. The maximum Gasteiger partial charge on any atom is 0.283 e. The van der Waals surface area contributed by atoms with Crippen LogP contribution in [0.3, 0.4) is 0 Å². The Bertz CT molecular complexity index is 542. The molecule has 5 heteroatoms. The summed E-state index contributed by atoms with van der Waals surface area (Å²) in [5.74, 6) is 2.64. The van der Waals surface area contributed by atoms with Gasteiger partial charge in [0.05, 0.1) is 11.9 Å². The highest BCUT2D eigenvalue weighted by Crippen LogP contribution is 2.48.